The van der Waals surface area contributed by atoms with Crippen LogP contribution < -0.4 is 5.32 Å². The summed E-state index contributed by atoms with van der Waals surface area (Å²) in [6, 6.07) is 11.2. The second-order valence-corrected chi connectivity index (χ2v) is 6.71. The van der Waals surface area contributed by atoms with Crippen molar-refractivity contribution in [3.8, 4) is 0 Å². The summed E-state index contributed by atoms with van der Waals surface area (Å²) in [4.78, 5) is 0. The molecule has 0 amide bonds. The fourth-order valence-electron chi connectivity index (χ4n) is 3.53. The van der Waals surface area contributed by atoms with Gasteiger partial charge in [-0.1, -0.05) is 69.4 Å². The number of aliphatic hydroxyl groups excluding tert-OH is 1. The molecular weight excluding hydrogens is 258 g/mol. The molecule has 0 saturated heterocycles. The largest absolute Gasteiger partial charge is 0.396 e. The van der Waals surface area contributed by atoms with Crippen LogP contribution in [0.25, 0.3) is 0 Å². The predicted molar refractivity (Wildman–Crippen MR) is 89.3 cm³/mol. The Kier molecular flexibility index (Phi) is 6.72. The number of hydrogen-bond donors (Lipinski definition) is 2. The van der Waals surface area contributed by atoms with Crippen LogP contribution >= 0.6 is 0 Å². The third-order valence-electron chi connectivity index (χ3n) is 5.02. The first-order valence-corrected chi connectivity index (χ1v) is 8.69. The fraction of sp³-hybridized carbons (Fsp3) is 0.684. The van der Waals surface area contributed by atoms with E-state index >= 15 is 0 Å². The van der Waals surface area contributed by atoms with Crippen LogP contribution in [0, 0.1) is 5.41 Å². The minimum atomic E-state index is 0.137. The zero-order chi connectivity index (χ0) is 15.0. The van der Waals surface area contributed by atoms with E-state index in [1.54, 1.807) is 0 Å². The maximum absolute atomic E-state index is 9.77. The van der Waals surface area contributed by atoms with Crippen LogP contribution in [0.5, 0.6) is 0 Å². The first-order chi connectivity index (χ1) is 10.3. The lowest BCUT2D eigenvalue weighted by molar-refractivity contribution is 0.124. The molecule has 118 valence electrons. The highest BCUT2D eigenvalue weighted by Gasteiger charge is 2.33. The molecule has 0 heterocycles. The molecule has 1 aromatic carbocycles. The van der Waals surface area contributed by atoms with Gasteiger partial charge in [-0.05, 0) is 24.8 Å². The van der Waals surface area contributed by atoms with Crippen LogP contribution in [-0.4, -0.2) is 18.3 Å². The molecule has 0 radical (unpaired) electrons. The lowest BCUT2D eigenvalue weighted by Gasteiger charge is -2.30. The van der Waals surface area contributed by atoms with Gasteiger partial charge in [0.2, 0.25) is 0 Å². The van der Waals surface area contributed by atoms with Crippen LogP contribution in [0.1, 0.15) is 69.9 Å². The van der Waals surface area contributed by atoms with Crippen molar-refractivity contribution in [2.24, 2.45) is 5.41 Å². The maximum Gasteiger partial charge on any atom is 0.0499 e. The molecule has 2 nitrogen and oxygen atoms in total. The highest BCUT2D eigenvalue weighted by atomic mass is 16.3. The SMILES string of the molecule is CCCCCC(NCC1(CO)CCCC1)c1ccccc1. The molecule has 21 heavy (non-hydrogen) atoms. The maximum atomic E-state index is 9.77. The Bertz CT molecular complexity index is 384. The van der Waals surface area contributed by atoms with E-state index in [4.69, 9.17) is 0 Å². The summed E-state index contributed by atoms with van der Waals surface area (Å²) in [5.74, 6) is 0. The van der Waals surface area contributed by atoms with E-state index in [2.05, 4.69) is 42.6 Å². The van der Waals surface area contributed by atoms with Crippen molar-refractivity contribution in [1.29, 1.82) is 0 Å². The monoisotopic (exact) mass is 289 g/mol. The third-order valence-corrected chi connectivity index (χ3v) is 5.02. The molecule has 1 atom stereocenters. The van der Waals surface area contributed by atoms with Gasteiger partial charge in [-0.15, -0.1) is 0 Å². The second-order valence-electron chi connectivity index (χ2n) is 6.71. The van der Waals surface area contributed by atoms with Crippen LogP contribution in [0.15, 0.2) is 30.3 Å². The zero-order valence-corrected chi connectivity index (χ0v) is 13.5. The summed E-state index contributed by atoms with van der Waals surface area (Å²) in [6.45, 7) is 3.54. The molecular formula is C19H31NO. The van der Waals surface area contributed by atoms with E-state index in [1.807, 2.05) is 0 Å². The summed E-state index contributed by atoms with van der Waals surface area (Å²) in [5, 5.41) is 13.5. The molecule has 1 aliphatic rings. The van der Waals surface area contributed by atoms with Gasteiger partial charge in [0.25, 0.3) is 0 Å². The van der Waals surface area contributed by atoms with Crippen LogP contribution in [0.4, 0.5) is 0 Å². The van der Waals surface area contributed by atoms with E-state index in [0.717, 1.165) is 6.54 Å². The van der Waals surface area contributed by atoms with Gasteiger partial charge in [0, 0.05) is 24.6 Å². The molecule has 1 saturated carbocycles. The molecule has 0 bridgehead atoms. The van der Waals surface area contributed by atoms with Crippen molar-refractivity contribution in [2.45, 2.75) is 64.3 Å². The Hall–Kier alpha value is -0.860. The lowest BCUT2D eigenvalue weighted by Crippen LogP contribution is -2.37. The van der Waals surface area contributed by atoms with E-state index in [1.165, 1.54) is 56.9 Å². The lowest BCUT2D eigenvalue weighted by atomic mass is 9.86. The van der Waals surface area contributed by atoms with E-state index in [9.17, 15) is 5.11 Å². The Balaban J connectivity index is 1.95. The quantitative estimate of drug-likeness (QED) is 0.658. The number of benzene rings is 1. The van der Waals surface area contributed by atoms with Crippen molar-refractivity contribution in [3.05, 3.63) is 35.9 Å². The Morgan fingerprint density at radius 1 is 1.14 bits per heavy atom. The topological polar surface area (TPSA) is 32.3 Å². The molecule has 0 spiro atoms. The van der Waals surface area contributed by atoms with Crippen molar-refractivity contribution < 1.29 is 5.11 Å². The number of nitrogens with one attached hydrogen (secondary N) is 1. The first-order valence-electron chi connectivity index (χ1n) is 8.69. The average molecular weight is 289 g/mol. The zero-order valence-electron chi connectivity index (χ0n) is 13.5. The normalized spacial score (nSPS) is 18.8. The predicted octanol–water partition coefficient (Wildman–Crippen LogP) is 4.45. The van der Waals surface area contributed by atoms with E-state index in [-0.39, 0.29) is 5.41 Å². The van der Waals surface area contributed by atoms with Crippen LogP contribution in [0.3, 0.4) is 0 Å². The fourth-order valence-corrected chi connectivity index (χ4v) is 3.53. The summed E-state index contributed by atoms with van der Waals surface area (Å²) >= 11 is 0. The molecule has 1 fully saturated rings. The number of aliphatic hydroxyl groups is 1. The van der Waals surface area contributed by atoms with E-state index in [0.29, 0.717) is 12.6 Å². The summed E-state index contributed by atoms with van der Waals surface area (Å²) in [6.07, 6.45) is 9.93. The number of hydrogen-bond acceptors (Lipinski definition) is 2. The Morgan fingerprint density at radius 2 is 1.86 bits per heavy atom. The average Bonchev–Trinajstić information content (AvgIpc) is 3.01. The summed E-state index contributed by atoms with van der Waals surface area (Å²) in [7, 11) is 0. The highest BCUT2D eigenvalue weighted by molar-refractivity contribution is 5.19. The smallest absolute Gasteiger partial charge is 0.0499 e. The molecule has 2 N–H and O–H groups in total. The minimum Gasteiger partial charge on any atom is -0.396 e. The standard InChI is InChI=1S/C19H31NO/c1-2-3-5-12-18(17-10-6-4-7-11-17)20-15-19(16-21)13-8-9-14-19/h4,6-7,10-11,18,20-21H,2-3,5,8-9,12-16H2,1H3. The van der Waals surface area contributed by atoms with Crippen molar-refractivity contribution in [3.63, 3.8) is 0 Å². The molecule has 2 rings (SSSR count). The van der Waals surface area contributed by atoms with Gasteiger partial charge in [-0.2, -0.15) is 0 Å². The Morgan fingerprint density at radius 3 is 2.48 bits per heavy atom. The molecule has 1 unspecified atom stereocenters. The van der Waals surface area contributed by atoms with Gasteiger partial charge in [0.05, 0.1) is 0 Å². The van der Waals surface area contributed by atoms with Crippen molar-refractivity contribution in [1.82, 2.24) is 5.32 Å². The van der Waals surface area contributed by atoms with Gasteiger partial charge in [0.15, 0.2) is 0 Å². The Labute approximate surface area is 130 Å². The first kappa shape index (κ1) is 16.5. The number of rotatable bonds is 9. The van der Waals surface area contributed by atoms with E-state index < -0.39 is 0 Å². The second kappa shape index (κ2) is 8.55. The van der Waals surface area contributed by atoms with Crippen molar-refractivity contribution >= 4 is 0 Å². The summed E-state index contributed by atoms with van der Waals surface area (Å²) < 4.78 is 0. The molecule has 0 aliphatic heterocycles. The highest BCUT2D eigenvalue weighted by Crippen LogP contribution is 2.37. The third kappa shape index (κ3) is 4.82. The molecule has 2 heteroatoms. The summed E-state index contributed by atoms with van der Waals surface area (Å²) in [5.41, 5.74) is 1.53. The minimum absolute atomic E-state index is 0.137. The van der Waals surface area contributed by atoms with Gasteiger partial charge in [-0.25, -0.2) is 0 Å². The molecule has 1 aromatic rings. The van der Waals surface area contributed by atoms with Crippen molar-refractivity contribution in [2.75, 3.05) is 13.2 Å². The molecule has 0 aromatic heterocycles. The number of unbranched alkanes of at least 4 members (excludes halogenated alkanes) is 2. The van der Waals surface area contributed by atoms with Gasteiger partial charge in [-0.3, -0.25) is 0 Å². The van der Waals surface area contributed by atoms with Gasteiger partial charge < -0.3 is 10.4 Å². The van der Waals surface area contributed by atoms with Crippen LogP contribution in [-0.2, 0) is 0 Å². The van der Waals surface area contributed by atoms with Crippen LogP contribution in [0.2, 0.25) is 0 Å². The van der Waals surface area contributed by atoms with Gasteiger partial charge in [0.1, 0.15) is 0 Å². The van der Waals surface area contributed by atoms with Gasteiger partial charge >= 0.3 is 0 Å². The molecule has 1 aliphatic carbocycles.